The predicted octanol–water partition coefficient (Wildman–Crippen LogP) is -0.720. The van der Waals surface area contributed by atoms with E-state index in [1.165, 1.54) is 12.1 Å². The SMILES string of the molecule is Cc1cc(=O)oc2cc(O[C@H]3O[C@@H](CO)[C@H](O)[C@H](O)[C@H]3O)ccc12. The number of ether oxygens (including phenoxy) is 2. The van der Waals surface area contributed by atoms with Gasteiger partial charge in [0.25, 0.3) is 0 Å². The minimum atomic E-state index is -1.53. The number of hydrogen-bond acceptors (Lipinski definition) is 8. The van der Waals surface area contributed by atoms with E-state index in [-0.39, 0.29) is 5.75 Å². The van der Waals surface area contributed by atoms with Crippen LogP contribution in [0.1, 0.15) is 5.56 Å². The molecule has 0 radical (unpaired) electrons. The van der Waals surface area contributed by atoms with Gasteiger partial charge in [0.05, 0.1) is 6.61 Å². The topological polar surface area (TPSA) is 130 Å². The second-order valence-electron chi connectivity index (χ2n) is 5.72. The van der Waals surface area contributed by atoms with Gasteiger partial charge in [-0.25, -0.2) is 4.79 Å². The van der Waals surface area contributed by atoms with E-state index < -0.39 is 42.9 Å². The smallest absolute Gasteiger partial charge is 0.336 e. The van der Waals surface area contributed by atoms with Crippen LogP contribution in [0.2, 0.25) is 0 Å². The molecule has 1 aromatic carbocycles. The summed E-state index contributed by atoms with van der Waals surface area (Å²) in [4.78, 5) is 11.5. The van der Waals surface area contributed by atoms with Crippen molar-refractivity contribution < 1.29 is 34.3 Å². The minimum absolute atomic E-state index is 0.237. The van der Waals surface area contributed by atoms with Crippen LogP contribution in [0.15, 0.2) is 33.5 Å². The molecule has 1 aromatic heterocycles. The summed E-state index contributed by atoms with van der Waals surface area (Å²) in [5.41, 5.74) is 0.563. The van der Waals surface area contributed by atoms with E-state index >= 15 is 0 Å². The van der Waals surface area contributed by atoms with Gasteiger partial charge in [-0.2, -0.15) is 0 Å². The molecule has 8 nitrogen and oxygen atoms in total. The minimum Gasteiger partial charge on any atom is -0.462 e. The van der Waals surface area contributed by atoms with Gasteiger partial charge in [0, 0.05) is 17.5 Å². The van der Waals surface area contributed by atoms with Crippen LogP contribution in [-0.2, 0) is 4.74 Å². The molecule has 3 rings (SSSR count). The summed E-state index contributed by atoms with van der Waals surface area (Å²) in [6.07, 6.45) is -6.85. The monoisotopic (exact) mass is 338 g/mol. The summed E-state index contributed by atoms with van der Waals surface area (Å²) in [6.45, 7) is 1.23. The molecule has 0 bridgehead atoms. The number of benzene rings is 1. The van der Waals surface area contributed by atoms with Crippen molar-refractivity contribution in [3.63, 3.8) is 0 Å². The lowest BCUT2D eigenvalue weighted by molar-refractivity contribution is -0.277. The molecule has 0 spiro atoms. The summed E-state index contributed by atoms with van der Waals surface area (Å²) in [5, 5.41) is 39.4. The molecule has 24 heavy (non-hydrogen) atoms. The molecule has 130 valence electrons. The highest BCUT2D eigenvalue weighted by Gasteiger charge is 2.44. The summed E-state index contributed by atoms with van der Waals surface area (Å²) in [6, 6.07) is 6.12. The van der Waals surface area contributed by atoms with Crippen LogP contribution in [0.3, 0.4) is 0 Å². The Morgan fingerprint density at radius 2 is 1.88 bits per heavy atom. The van der Waals surface area contributed by atoms with Crippen LogP contribution in [-0.4, -0.2) is 57.7 Å². The van der Waals surface area contributed by atoms with Crippen molar-refractivity contribution in [2.75, 3.05) is 6.61 Å². The Bertz CT molecular complexity index is 783. The predicted molar refractivity (Wildman–Crippen MR) is 81.6 cm³/mol. The van der Waals surface area contributed by atoms with E-state index in [4.69, 9.17) is 19.0 Å². The van der Waals surface area contributed by atoms with Gasteiger partial charge in [0.15, 0.2) is 0 Å². The molecule has 0 aliphatic carbocycles. The maximum Gasteiger partial charge on any atom is 0.336 e. The van der Waals surface area contributed by atoms with Crippen LogP contribution in [0.4, 0.5) is 0 Å². The van der Waals surface area contributed by atoms with Crippen LogP contribution < -0.4 is 10.4 Å². The number of rotatable bonds is 3. The van der Waals surface area contributed by atoms with E-state index in [2.05, 4.69) is 0 Å². The zero-order chi connectivity index (χ0) is 17.4. The molecule has 2 heterocycles. The number of aryl methyl sites for hydroxylation is 1. The third-order valence-corrected chi connectivity index (χ3v) is 4.02. The van der Waals surface area contributed by atoms with Crippen molar-refractivity contribution in [2.45, 2.75) is 37.6 Å². The molecule has 8 heteroatoms. The lowest BCUT2D eigenvalue weighted by Gasteiger charge is -2.39. The Balaban J connectivity index is 1.87. The lowest BCUT2D eigenvalue weighted by Crippen LogP contribution is -2.60. The second-order valence-corrected chi connectivity index (χ2v) is 5.72. The van der Waals surface area contributed by atoms with Gasteiger partial charge < -0.3 is 34.3 Å². The number of hydrogen-bond donors (Lipinski definition) is 4. The maximum absolute atomic E-state index is 11.5. The van der Waals surface area contributed by atoms with Gasteiger partial charge in [-0.15, -0.1) is 0 Å². The number of aliphatic hydroxyl groups is 4. The van der Waals surface area contributed by atoms with E-state index in [0.717, 1.165) is 10.9 Å². The first-order valence-electron chi connectivity index (χ1n) is 7.42. The highest BCUT2D eigenvalue weighted by Crippen LogP contribution is 2.27. The summed E-state index contributed by atoms with van der Waals surface area (Å²) >= 11 is 0. The molecule has 1 aliphatic rings. The van der Waals surface area contributed by atoms with E-state index in [0.29, 0.717) is 5.58 Å². The first kappa shape index (κ1) is 16.9. The molecule has 0 saturated carbocycles. The van der Waals surface area contributed by atoms with Gasteiger partial charge >= 0.3 is 5.63 Å². The van der Waals surface area contributed by atoms with E-state index in [1.54, 1.807) is 19.1 Å². The van der Waals surface area contributed by atoms with Gasteiger partial charge in [0.2, 0.25) is 6.29 Å². The average molecular weight is 338 g/mol. The molecule has 1 fully saturated rings. The lowest BCUT2D eigenvalue weighted by atomic mass is 9.99. The zero-order valence-electron chi connectivity index (χ0n) is 12.8. The number of aliphatic hydroxyl groups excluding tert-OH is 4. The van der Waals surface area contributed by atoms with Gasteiger partial charge in [-0.3, -0.25) is 0 Å². The fourth-order valence-corrected chi connectivity index (χ4v) is 2.68. The van der Waals surface area contributed by atoms with Gasteiger partial charge in [-0.1, -0.05) is 0 Å². The third-order valence-electron chi connectivity index (χ3n) is 4.02. The molecule has 2 aromatic rings. The molecule has 1 saturated heterocycles. The van der Waals surface area contributed by atoms with Crippen molar-refractivity contribution in [3.05, 3.63) is 40.2 Å². The Kier molecular flexibility index (Phi) is 4.57. The van der Waals surface area contributed by atoms with Crippen LogP contribution >= 0.6 is 0 Å². The van der Waals surface area contributed by atoms with Crippen molar-refractivity contribution >= 4 is 11.0 Å². The Morgan fingerprint density at radius 3 is 2.58 bits per heavy atom. The van der Waals surface area contributed by atoms with E-state index in [9.17, 15) is 20.1 Å². The largest absolute Gasteiger partial charge is 0.462 e. The third kappa shape index (κ3) is 3.02. The van der Waals surface area contributed by atoms with Crippen molar-refractivity contribution in [1.29, 1.82) is 0 Å². The number of fused-ring (bicyclic) bond motifs is 1. The first-order chi connectivity index (χ1) is 11.4. The van der Waals surface area contributed by atoms with Gasteiger partial charge in [0.1, 0.15) is 35.7 Å². The molecule has 0 amide bonds. The maximum atomic E-state index is 11.5. The molecular formula is C16H18O8. The Morgan fingerprint density at radius 1 is 1.12 bits per heavy atom. The van der Waals surface area contributed by atoms with Crippen molar-refractivity contribution in [3.8, 4) is 5.75 Å². The fraction of sp³-hybridized carbons (Fsp3) is 0.438. The molecule has 4 N–H and O–H groups in total. The summed E-state index contributed by atoms with van der Waals surface area (Å²) in [5.74, 6) is 0.237. The summed E-state index contributed by atoms with van der Waals surface area (Å²) < 4.78 is 15.9. The molecule has 1 aliphatic heterocycles. The van der Waals surface area contributed by atoms with Crippen molar-refractivity contribution in [1.82, 2.24) is 0 Å². The molecule has 5 atom stereocenters. The van der Waals surface area contributed by atoms with Crippen LogP contribution in [0, 0.1) is 6.92 Å². The Hall–Kier alpha value is -1.97. The average Bonchev–Trinajstić information content (AvgIpc) is 2.55. The second kappa shape index (κ2) is 6.50. The zero-order valence-corrected chi connectivity index (χ0v) is 12.8. The fourth-order valence-electron chi connectivity index (χ4n) is 2.68. The van der Waals surface area contributed by atoms with Crippen LogP contribution in [0.25, 0.3) is 11.0 Å². The first-order valence-corrected chi connectivity index (χ1v) is 7.42. The quantitative estimate of drug-likeness (QED) is 0.540. The van der Waals surface area contributed by atoms with Gasteiger partial charge in [-0.05, 0) is 24.6 Å². The van der Waals surface area contributed by atoms with Crippen LogP contribution in [0.5, 0.6) is 5.75 Å². The van der Waals surface area contributed by atoms with E-state index in [1.807, 2.05) is 0 Å². The highest BCUT2D eigenvalue weighted by atomic mass is 16.7. The highest BCUT2D eigenvalue weighted by molar-refractivity contribution is 5.81. The molecule has 0 unspecified atom stereocenters. The Labute approximate surface area is 136 Å². The molecular weight excluding hydrogens is 320 g/mol. The standard InChI is InChI=1S/C16H18O8/c1-7-4-12(18)23-10-5-8(2-3-9(7)10)22-16-15(21)14(20)13(19)11(6-17)24-16/h2-5,11,13-17,19-21H,6H2,1H3/t11-,13-,14-,15+,16-/m0/s1. The summed E-state index contributed by atoms with van der Waals surface area (Å²) in [7, 11) is 0. The van der Waals surface area contributed by atoms with Crippen molar-refractivity contribution in [2.24, 2.45) is 0 Å². The normalized spacial score (nSPS) is 30.5.